The molecule has 2 atom stereocenters. The molecule has 0 aromatic heterocycles. The molecule has 1 heterocycles. The van der Waals surface area contributed by atoms with Crippen LogP contribution in [-0.4, -0.2) is 43.2 Å². The molecule has 0 unspecified atom stereocenters. The van der Waals surface area contributed by atoms with Crippen LogP contribution >= 0.6 is 0 Å². The van der Waals surface area contributed by atoms with Gasteiger partial charge in [0.1, 0.15) is 13.2 Å². The summed E-state index contributed by atoms with van der Waals surface area (Å²) in [5, 5.41) is 0. The average Bonchev–Trinajstić information content (AvgIpc) is 3.29. The zero-order valence-electron chi connectivity index (χ0n) is 15.1. The van der Waals surface area contributed by atoms with Crippen LogP contribution in [0.4, 0.5) is 0 Å². The van der Waals surface area contributed by atoms with E-state index in [0.29, 0.717) is 6.61 Å². The number of quaternary nitrogens is 1. The van der Waals surface area contributed by atoms with Crippen molar-refractivity contribution in [2.75, 3.05) is 32.8 Å². The summed E-state index contributed by atoms with van der Waals surface area (Å²) < 4.78 is 6.81. The molecule has 25 heavy (non-hydrogen) atoms. The van der Waals surface area contributed by atoms with Crippen LogP contribution in [0.5, 0.6) is 0 Å². The van der Waals surface area contributed by atoms with Gasteiger partial charge in [0.25, 0.3) is 0 Å². The minimum absolute atomic E-state index is 0.0706. The molecule has 0 N–H and O–H groups in total. The van der Waals surface area contributed by atoms with Crippen molar-refractivity contribution in [3.05, 3.63) is 60.7 Å². The molecule has 1 aromatic carbocycles. The number of esters is 1. The van der Waals surface area contributed by atoms with Crippen molar-refractivity contribution in [1.82, 2.24) is 0 Å². The number of allylic oxidation sites excluding steroid dienone is 2. The highest BCUT2D eigenvalue weighted by atomic mass is 16.5. The first kappa shape index (κ1) is 17.9. The number of hydrogen-bond acceptors (Lipinski definition) is 2. The first-order chi connectivity index (χ1) is 12.2. The molecule has 1 aliphatic heterocycles. The van der Waals surface area contributed by atoms with Gasteiger partial charge in [0.2, 0.25) is 0 Å². The van der Waals surface area contributed by atoms with Crippen molar-refractivity contribution in [2.24, 2.45) is 5.92 Å². The molecular weight excluding hydrogens is 310 g/mol. The number of likely N-dealkylation sites (tertiary alicyclic amines) is 1. The zero-order chi connectivity index (χ0) is 17.5. The monoisotopic (exact) mass is 340 g/mol. The Morgan fingerprint density at radius 2 is 2.04 bits per heavy atom. The lowest BCUT2D eigenvalue weighted by Crippen LogP contribution is -2.47. The van der Waals surface area contributed by atoms with E-state index in [4.69, 9.17) is 4.74 Å². The Morgan fingerprint density at radius 1 is 1.28 bits per heavy atom. The lowest BCUT2D eigenvalue weighted by molar-refractivity contribution is -0.911. The summed E-state index contributed by atoms with van der Waals surface area (Å²) >= 11 is 0. The van der Waals surface area contributed by atoms with Gasteiger partial charge in [-0.1, -0.05) is 49.1 Å². The summed E-state index contributed by atoms with van der Waals surface area (Å²) in [7, 11) is 0. The van der Waals surface area contributed by atoms with E-state index in [-0.39, 0.29) is 17.8 Å². The quantitative estimate of drug-likeness (QED) is 0.405. The Morgan fingerprint density at radius 3 is 2.68 bits per heavy atom. The predicted octanol–water partition coefficient (Wildman–Crippen LogP) is 4.08. The van der Waals surface area contributed by atoms with Crippen LogP contribution in [0.1, 0.15) is 37.2 Å². The predicted molar refractivity (Wildman–Crippen MR) is 101 cm³/mol. The topological polar surface area (TPSA) is 26.3 Å². The van der Waals surface area contributed by atoms with Gasteiger partial charge in [-0.25, -0.2) is 0 Å². The molecule has 3 rings (SSSR count). The molecule has 2 aliphatic rings. The normalized spacial score (nSPS) is 22.6. The van der Waals surface area contributed by atoms with Crippen LogP contribution in [0.15, 0.2) is 55.1 Å². The highest BCUT2D eigenvalue weighted by Crippen LogP contribution is 2.34. The lowest BCUT2D eigenvalue weighted by atomic mass is 9.85. The highest BCUT2D eigenvalue weighted by Gasteiger charge is 2.33. The maximum atomic E-state index is 12.9. The molecule has 3 nitrogen and oxygen atoms in total. The van der Waals surface area contributed by atoms with Gasteiger partial charge in [-0.3, -0.25) is 4.79 Å². The van der Waals surface area contributed by atoms with E-state index in [1.165, 1.54) is 25.9 Å². The summed E-state index contributed by atoms with van der Waals surface area (Å²) in [6, 6.07) is 10.1. The van der Waals surface area contributed by atoms with E-state index in [0.717, 1.165) is 36.0 Å². The molecule has 1 saturated heterocycles. The van der Waals surface area contributed by atoms with Crippen LogP contribution in [0.25, 0.3) is 0 Å². The molecular formula is C22H30NO2+. The molecule has 0 bridgehead atoms. The number of rotatable bonds is 8. The minimum atomic E-state index is -0.175. The van der Waals surface area contributed by atoms with Gasteiger partial charge >= 0.3 is 5.97 Å². The molecule has 0 amide bonds. The van der Waals surface area contributed by atoms with Gasteiger partial charge in [0.15, 0.2) is 0 Å². The van der Waals surface area contributed by atoms with Crippen LogP contribution in [0.3, 0.4) is 0 Å². The number of ether oxygens (including phenoxy) is 1. The van der Waals surface area contributed by atoms with E-state index in [9.17, 15) is 4.79 Å². The van der Waals surface area contributed by atoms with Crippen LogP contribution < -0.4 is 0 Å². The third kappa shape index (κ3) is 4.40. The van der Waals surface area contributed by atoms with Crippen molar-refractivity contribution >= 4 is 5.97 Å². The smallest absolute Gasteiger partial charge is 0.314 e. The van der Waals surface area contributed by atoms with Crippen molar-refractivity contribution < 1.29 is 14.0 Å². The summed E-state index contributed by atoms with van der Waals surface area (Å²) in [5.41, 5.74) is 1.07. The van der Waals surface area contributed by atoms with E-state index >= 15 is 0 Å². The Labute approximate surface area is 151 Å². The largest absolute Gasteiger partial charge is 0.459 e. The molecule has 3 heteroatoms. The Kier molecular flexibility index (Phi) is 6.09. The maximum Gasteiger partial charge on any atom is 0.314 e. The third-order valence-electron chi connectivity index (χ3n) is 5.73. The summed E-state index contributed by atoms with van der Waals surface area (Å²) in [6.45, 7) is 8.64. The second-order valence-corrected chi connectivity index (χ2v) is 7.42. The fourth-order valence-corrected chi connectivity index (χ4v) is 4.36. The second-order valence-electron chi connectivity index (χ2n) is 7.42. The number of carbonyl (C=O) groups excluding carboxylic acids is 1. The summed E-state index contributed by atoms with van der Waals surface area (Å²) in [4.78, 5) is 12.9. The van der Waals surface area contributed by atoms with Gasteiger partial charge in [0, 0.05) is 12.8 Å². The molecule has 1 aliphatic carbocycles. The molecule has 0 saturated carbocycles. The van der Waals surface area contributed by atoms with Crippen molar-refractivity contribution in [1.29, 1.82) is 0 Å². The minimum Gasteiger partial charge on any atom is -0.459 e. The summed E-state index contributed by atoms with van der Waals surface area (Å²) in [6.07, 6.45) is 11.0. The van der Waals surface area contributed by atoms with Crippen LogP contribution in [0.2, 0.25) is 0 Å². The molecule has 1 aromatic rings. The number of hydrogen-bond donors (Lipinski definition) is 0. The zero-order valence-corrected chi connectivity index (χ0v) is 15.1. The molecule has 134 valence electrons. The van der Waals surface area contributed by atoms with Gasteiger partial charge < -0.3 is 9.22 Å². The molecule has 1 fully saturated rings. The third-order valence-corrected chi connectivity index (χ3v) is 5.73. The average molecular weight is 340 g/mol. The number of nitrogens with zero attached hydrogens (tertiary/aromatic N) is 1. The van der Waals surface area contributed by atoms with Gasteiger partial charge in [0.05, 0.1) is 25.6 Å². The molecule has 0 radical (unpaired) electrons. The maximum absolute atomic E-state index is 12.9. The lowest BCUT2D eigenvalue weighted by Gasteiger charge is -2.33. The van der Waals surface area contributed by atoms with Crippen LogP contribution in [0, 0.1) is 5.92 Å². The number of benzene rings is 1. The SMILES string of the molecule is C=CC[N+]1(CCOC(=O)[C@@H](c2ccccc2)[C@@H]2C=CCC2)CCCC1. The van der Waals surface area contributed by atoms with Crippen molar-refractivity contribution in [3.8, 4) is 0 Å². The van der Waals surface area contributed by atoms with Crippen molar-refractivity contribution in [2.45, 2.75) is 31.6 Å². The Bertz CT molecular complexity index is 602. The molecule has 0 spiro atoms. The van der Waals surface area contributed by atoms with Crippen molar-refractivity contribution in [3.63, 3.8) is 0 Å². The standard InChI is InChI=1S/C22H30NO2/c1-2-14-23(15-8-9-16-23)17-18-25-22(24)21(20-12-6-7-13-20)19-10-4-3-5-11-19/h2-6,10-12,20-21H,1,7-9,13-18H2/q+1/t20-,21+/m1/s1. The number of carbonyl (C=O) groups is 1. The van der Waals surface area contributed by atoms with Crippen LogP contribution in [-0.2, 0) is 9.53 Å². The Balaban J connectivity index is 1.62. The van der Waals surface area contributed by atoms with E-state index in [2.05, 4.69) is 18.7 Å². The highest BCUT2D eigenvalue weighted by molar-refractivity contribution is 5.79. The summed E-state index contributed by atoms with van der Waals surface area (Å²) in [5.74, 6) is 0.0167. The van der Waals surface area contributed by atoms with E-state index in [1.807, 2.05) is 36.4 Å². The fraction of sp³-hybridized carbons (Fsp3) is 0.500. The Hall–Kier alpha value is -1.87. The van der Waals surface area contributed by atoms with Gasteiger partial charge in [-0.15, -0.1) is 0 Å². The first-order valence-electron chi connectivity index (χ1n) is 9.58. The fourth-order valence-electron chi connectivity index (χ4n) is 4.36. The second kappa shape index (κ2) is 8.48. The van der Waals surface area contributed by atoms with Gasteiger partial charge in [-0.05, 0) is 30.4 Å². The van der Waals surface area contributed by atoms with Gasteiger partial charge in [-0.2, -0.15) is 0 Å². The first-order valence-corrected chi connectivity index (χ1v) is 9.58. The van der Waals surface area contributed by atoms with E-state index < -0.39 is 0 Å². The van der Waals surface area contributed by atoms with E-state index in [1.54, 1.807) is 0 Å².